The van der Waals surface area contributed by atoms with Crippen molar-refractivity contribution < 1.29 is 23.7 Å². The van der Waals surface area contributed by atoms with Crippen molar-refractivity contribution in [1.29, 1.82) is 0 Å². The summed E-state index contributed by atoms with van der Waals surface area (Å²) >= 11 is 0. The highest BCUT2D eigenvalue weighted by Crippen LogP contribution is 2.43. The smallest absolute Gasteiger partial charge is 0.302 e. The standard InChI is InChI=1S/C19H26O5/c1-12(20)21-14-11-15(17-16(14)23-19(4,5)24-17)22-18(2,3)13-9-7-6-8-10-13/h6-10,14-17H,11H2,1-5H3/t14-,15+,16+,17-/m0/s1. The molecular formula is C19H26O5. The van der Waals surface area contributed by atoms with E-state index in [0.29, 0.717) is 6.42 Å². The van der Waals surface area contributed by atoms with Gasteiger partial charge in [-0.05, 0) is 33.3 Å². The summed E-state index contributed by atoms with van der Waals surface area (Å²) in [6, 6.07) is 10.1. The molecule has 0 radical (unpaired) electrons. The molecule has 0 aromatic heterocycles. The number of rotatable bonds is 4. The van der Waals surface area contributed by atoms with Gasteiger partial charge in [-0.25, -0.2) is 0 Å². The maximum Gasteiger partial charge on any atom is 0.302 e. The van der Waals surface area contributed by atoms with Crippen LogP contribution in [-0.2, 0) is 29.3 Å². The zero-order chi connectivity index (χ0) is 17.5. The van der Waals surface area contributed by atoms with Gasteiger partial charge < -0.3 is 18.9 Å². The SMILES string of the molecule is CC(=O)O[C@H]1C[C@@H](OC(C)(C)c2ccccc2)[C@@H]2OC(C)(C)O[C@@H]21. The second-order valence-corrected chi connectivity index (χ2v) is 7.48. The summed E-state index contributed by atoms with van der Waals surface area (Å²) in [5.74, 6) is -1.01. The number of benzene rings is 1. The minimum atomic E-state index is -0.702. The number of esters is 1. The summed E-state index contributed by atoms with van der Waals surface area (Å²) in [6.45, 7) is 9.23. The summed E-state index contributed by atoms with van der Waals surface area (Å²) in [6.07, 6.45) is -0.503. The van der Waals surface area contributed by atoms with Crippen LogP contribution in [0, 0.1) is 0 Å². The Labute approximate surface area is 143 Å². The Morgan fingerprint density at radius 2 is 1.71 bits per heavy atom. The lowest BCUT2D eigenvalue weighted by molar-refractivity contribution is -0.193. The highest BCUT2D eigenvalue weighted by molar-refractivity contribution is 5.66. The molecular weight excluding hydrogens is 308 g/mol. The van der Waals surface area contributed by atoms with Gasteiger partial charge in [0.2, 0.25) is 0 Å². The molecule has 1 aromatic rings. The lowest BCUT2D eigenvalue weighted by Crippen LogP contribution is -2.36. The van der Waals surface area contributed by atoms with Gasteiger partial charge in [0.25, 0.3) is 0 Å². The van der Waals surface area contributed by atoms with Gasteiger partial charge in [0.1, 0.15) is 18.3 Å². The summed E-state index contributed by atoms with van der Waals surface area (Å²) < 4.78 is 23.9. The van der Waals surface area contributed by atoms with E-state index in [4.69, 9.17) is 18.9 Å². The molecule has 1 saturated carbocycles. The highest BCUT2D eigenvalue weighted by atomic mass is 16.8. The van der Waals surface area contributed by atoms with Crippen molar-refractivity contribution in [3.8, 4) is 0 Å². The summed E-state index contributed by atoms with van der Waals surface area (Å²) in [5.41, 5.74) is 0.619. The topological polar surface area (TPSA) is 54.0 Å². The number of fused-ring (bicyclic) bond motifs is 1. The first-order chi connectivity index (χ1) is 11.2. The third-order valence-electron chi connectivity index (χ3n) is 4.59. The Hall–Kier alpha value is -1.43. The Balaban J connectivity index is 1.79. The van der Waals surface area contributed by atoms with Crippen LogP contribution >= 0.6 is 0 Å². The Morgan fingerprint density at radius 3 is 2.29 bits per heavy atom. The minimum absolute atomic E-state index is 0.198. The van der Waals surface area contributed by atoms with Gasteiger partial charge in [-0.2, -0.15) is 0 Å². The van der Waals surface area contributed by atoms with Crippen LogP contribution in [0.25, 0.3) is 0 Å². The van der Waals surface area contributed by atoms with E-state index in [1.165, 1.54) is 6.92 Å². The fourth-order valence-corrected chi connectivity index (χ4v) is 3.62. The zero-order valence-electron chi connectivity index (χ0n) is 14.9. The van der Waals surface area contributed by atoms with Gasteiger partial charge in [0.15, 0.2) is 5.79 Å². The molecule has 1 saturated heterocycles. The van der Waals surface area contributed by atoms with E-state index >= 15 is 0 Å². The Bertz CT molecular complexity index is 595. The maximum absolute atomic E-state index is 11.4. The molecule has 0 unspecified atom stereocenters. The summed E-state index contributed by atoms with van der Waals surface area (Å²) in [7, 11) is 0. The molecule has 2 aliphatic rings. The third-order valence-corrected chi connectivity index (χ3v) is 4.59. The van der Waals surface area contributed by atoms with Crippen LogP contribution in [0.5, 0.6) is 0 Å². The van der Waals surface area contributed by atoms with Crippen molar-refractivity contribution in [3.63, 3.8) is 0 Å². The summed E-state index contributed by atoms with van der Waals surface area (Å²) in [4.78, 5) is 11.4. The minimum Gasteiger partial charge on any atom is -0.460 e. The van der Waals surface area contributed by atoms with E-state index in [-0.39, 0.29) is 30.4 Å². The van der Waals surface area contributed by atoms with Crippen LogP contribution in [0.15, 0.2) is 30.3 Å². The van der Waals surface area contributed by atoms with Crippen molar-refractivity contribution in [3.05, 3.63) is 35.9 Å². The Kier molecular flexibility index (Phi) is 4.45. The third kappa shape index (κ3) is 3.48. The normalized spacial score (nSPS) is 31.7. The molecule has 0 spiro atoms. The largest absolute Gasteiger partial charge is 0.460 e. The number of hydrogen-bond donors (Lipinski definition) is 0. The van der Waals surface area contributed by atoms with Gasteiger partial charge in [0.05, 0.1) is 11.7 Å². The zero-order valence-corrected chi connectivity index (χ0v) is 14.9. The molecule has 132 valence electrons. The fourth-order valence-electron chi connectivity index (χ4n) is 3.62. The van der Waals surface area contributed by atoms with Gasteiger partial charge in [-0.3, -0.25) is 4.79 Å². The average molecular weight is 334 g/mol. The van der Waals surface area contributed by atoms with Gasteiger partial charge in [-0.15, -0.1) is 0 Å². The van der Waals surface area contributed by atoms with Crippen LogP contribution in [0.3, 0.4) is 0 Å². The number of carbonyl (C=O) groups is 1. The van der Waals surface area contributed by atoms with Crippen molar-refractivity contribution in [1.82, 2.24) is 0 Å². The monoisotopic (exact) mass is 334 g/mol. The average Bonchev–Trinajstić information content (AvgIpc) is 2.95. The quantitative estimate of drug-likeness (QED) is 0.792. The molecule has 24 heavy (non-hydrogen) atoms. The molecule has 1 aliphatic carbocycles. The number of ether oxygens (including phenoxy) is 4. The molecule has 4 atom stereocenters. The molecule has 5 nitrogen and oxygen atoms in total. The highest BCUT2D eigenvalue weighted by Gasteiger charge is 2.56. The molecule has 1 aromatic carbocycles. The van der Waals surface area contributed by atoms with Crippen molar-refractivity contribution >= 4 is 5.97 Å². The Morgan fingerprint density at radius 1 is 1.12 bits per heavy atom. The molecule has 3 rings (SSSR count). The van der Waals surface area contributed by atoms with E-state index in [1.54, 1.807) is 0 Å². The van der Waals surface area contributed by atoms with Gasteiger partial charge in [0, 0.05) is 13.3 Å². The second-order valence-electron chi connectivity index (χ2n) is 7.48. The molecule has 2 fully saturated rings. The molecule has 0 N–H and O–H groups in total. The second kappa shape index (κ2) is 6.14. The van der Waals surface area contributed by atoms with Gasteiger partial charge >= 0.3 is 5.97 Å². The van der Waals surface area contributed by atoms with Crippen LogP contribution in [0.4, 0.5) is 0 Å². The van der Waals surface area contributed by atoms with Gasteiger partial charge in [-0.1, -0.05) is 30.3 Å². The summed E-state index contributed by atoms with van der Waals surface area (Å²) in [5, 5.41) is 0. The lowest BCUT2D eigenvalue weighted by atomic mass is 9.97. The van der Waals surface area contributed by atoms with E-state index in [9.17, 15) is 4.79 Å². The predicted octanol–water partition coefficient (Wildman–Crippen LogP) is 3.16. The van der Waals surface area contributed by atoms with Crippen molar-refractivity contribution in [2.24, 2.45) is 0 Å². The van der Waals surface area contributed by atoms with E-state index in [1.807, 2.05) is 58.0 Å². The van der Waals surface area contributed by atoms with E-state index in [0.717, 1.165) is 5.56 Å². The maximum atomic E-state index is 11.4. The lowest BCUT2D eigenvalue weighted by Gasteiger charge is -2.32. The van der Waals surface area contributed by atoms with E-state index in [2.05, 4.69) is 0 Å². The van der Waals surface area contributed by atoms with Crippen LogP contribution in [0.1, 0.15) is 46.6 Å². The first kappa shape index (κ1) is 17.4. The molecule has 1 heterocycles. The van der Waals surface area contributed by atoms with Crippen LogP contribution in [-0.4, -0.2) is 36.2 Å². The molecule has 0 amide bonds. The van der Waals surface area contributed by atoms with Crippen molar-refractivity contribution in [2.45, 2.75) is 76.8 Å². The van der Waals surface area contributed by atoms with Crippen LogP contribution in [0.2, 0.25) is 0 Å². The van der Waals surface area contributed by atoms with E-state index < -0.39 is 11.4 Å². The molecule has 5 heteroatoms. The number of hydrogen-bond acceptors (Lipinski definition) is 5. The first-order valence-corrected chi connectivity index (χ1v) is 8.44. The van der Waals surface area contributed by atoms with Crippen molar-refractivity contribution in [2.75, 3.05) is 0 Å². The molecule has 0 bridgehead atoms. The number of carbonyl (C=O) groups excluding carboxylic acids is 1. The fraction of sp³-hybridized carbons (Fsp3) is 0.632. The predicted molar refractivity (Wildman–Crippen MR) is 88.3 cm³/mol. The molecule has 1 aliphatic heterocycles. The first-order valence-electron chi connectivity index (χ1n) is 8.44. The van der Waals surface area contributed by atoms with Crippen LogP contribution < -0.4 is 0 Å².